The van der Waals surface area contributed by atoms with Crippen LogP contribution in [-0.2, 0) is 11.0 Å². The Hall–Kier alpha value is -2.70. The van der Waals surface area contributed by atoms with Gasteiger partial charge in [0.1, 0.15) is 5.76 Å². The molecule has 0 saturated carbocycles. The molecule has 2 aromatic rings. The molecule has 0 saturated heterocycles. The van der Waals surface area contributed by atoms with Crippen molar-refractivity contribution in [2.24, 2.45) is 0 Å². The Morgan fingerprint density at radius 3 is 2.57 bits per heavy atom. The van der Waals surface area contributed by atoms with Gasteiger partial charge in [0, 0.05) is 6.08 Å². The molecule has 110 valence electrons. The molecule has 1 heterocycles. The number of nitrogens with one attached hydrogen (secondary N) is 2. The van der Waals surface area contributed by atoms with Gasteiger partial charge >= 0.3 is 6.18 Å². The lowest BCUT2D eigenvalue weighted by Gasteiger charge is -2.14. The molecule has 0 aliphatic heterocycles. The van der Waals surface area contributed by atoms with E-state index in [9.17, 15) is 18.0 Å². The van der Waals surface area contributed by atoms with Gasteiger partial charge < -0.3 is 4.42 Å². The van der Waals surface area contributed by atoms with Crippen LogP contribution in [0.2, 0.25) is 0 Å². The number of amides is 1. The Morgan fingerprint density at radius 2 is 1.90 bits per heavy atom. The lowest BCUT2D eigenvalue weighted by molar-refractivity contribution is -0.137. The molecule has 1 aromatic heterocycles. The summed E-state index contributed by atoms with van der Waals surface area (Å²) < 4.78 is 43.2. The molecule has 0 fully saturated rings. The first kappa shape index (κ1) is 14.7. The van der Waals surface area contributed by atoms with Crippen molar-refractivity contribution in [3.63, 3.8) is 0 Å². The van der Waals surface area contributed by atoms with Gasteiger partial charge in [0.05, 0.1) is 17.5 Å². The van der Waals surface area contributed by atoms with Gasteiger partial charge in [0.2, 0.25) is 0 Å². The van der Waals surface area contributed by atoms with Crippen molar-refractivity contribution in [2.45, 2.75) is 6.18 Å². The van der Waals surface area contributed by atoms with Crippen LogP contribution in [0.5, 0.6) is 0 Å². The van der Waals surface area contributed by atoms with Crippen molar-refractivity contribution in [3.8, 4) is 0 Å². The van der Waals surface area contributed by atoms with Crippen molar-refractivity contribution >= 4 is 17.7 Å². The van der Waals surface area contributed by atoms with Gasteiger partial charge in [0.25, 0.3) is 5.91 Å². The lowest BCUT2D eigenvalue weighted by atomic mass is 10.2. The van der Waals surface area contributed by atoms with Gasteiger partial charge in [-0.25, -0.2) is 0 Å². The molecule has 0 radical (unpaired) electrons. The van der Waals surface area contributed by atoms with Crippen molar-refractivity contribution in [1.29, 1.82) is 0 Å². The van der Waals surface area contributed by atoms with E-state index in [4.69, 9.17) is 4.42 Å². The lowest BCUT2D eigenvalue weighted by Crippen LogP contribution is -2.28. The Labute approximate surface area is 118 Å². The first-order chi connectivity index (χ1) is 9.97. The molecule has 2 N–H and O–H groups in total. The zero-order valence-corrected chi connectivity index (χ0v) is 10.6. The molecule has 0 atom stereocenters. The average molecular weight is 296 g/mol. The second-order valence-corrected chi connectivity index (χ2v) is 4.01. The van der Waals surface area contributed by atoms with E-state index in [0.717, 1.165) is 12.1 Å². The number of para-hydroxylation sites is 1. The largest absolute Gasteiger partial charge is 0.465 e. The van der Waals surface area contributed by atoms with E-state index in [0.29, 0.717) is 5.76 Å². The van der Waals surface area contributed by atoms with Gasteiger partial charge in [-0.05, 0) is 30.3 Å². The number of furan rings is 1. The zero-order valence-electron chi connectivity index (χ0n) is 10.6. The number of rotatable bonds is 4. The normalized spacial score (nSPS) is 11.6. The van der Waals surface area contributed by atoms with Gasteiger partial charge in [-0.3, -0.25) is 15.6 Å². The van der Waals surface area contributed by atoms with E-state index in [1.165, 1.54) is 30.5 Å². The second kappa shape index (κ2) is 6.17. The van der Waals surface area contributed by atoms with E-state index in [2.05, 4.69) is 10.9 Å². The van der Waals surface area contributed by atoms with Crippen molar-refractivity contribution < 1.29 is 22.4 Å². The molecule has 2 rings (SSSR count). The highest BCUT2D eigenvalue weighted by molar-refractivity contribution is 5.92. The summed E-state index contributed by atoms with van der Waals surface area (Å²) in [7, 11) is 0. The van der Waals surface area contributed by atoms with Crippen LogP contribution < -0.4 is 10.9 Å². The fraction of sp³-hybridized carbons (Fsp3) is 0.0714. The molecule has 0 spiro atoms. The summed E-state index contributed by atoms with van der Waals surface area (Å²) in [6.45, 7) is 0. The van der Waals surface area contributed by atoms with Gasteiger partial charge in [-0.15, -0.1) is 0 Å². The Morgan fingerprint density at radius 1 is 1.14 bits per heavy atom. The van der Waals surface area contributed by atoms with Gasteiger partial charge in [0.15, 0.2) is 0 Å². The molecule has 0 bridgehead atoms. The van der Waals surface area contributed by atoms with E-state index in [-0.39, 0.29) is 5.69 Å². The number of hydrazine groups is 1. The predicted octanol–water partition coefficient (Wildman–Crippen LogP) is 3.45. The standard InChI is InChI=1S/C14H11F3N2O2/c15-14(16,17)11-5-1-2-6-12(11)18-19-13(20)8-7-10-4-3-9-21-10/h1-9,18H,(H,19,20)/b8-7+. The number of hydrogen-bond donors (Lipinski definition) is 2. The topological polar surface area (TPSA) is 54.3 Å². The van der Waals surface area contributed by atoms with Crippen LogP contribution >= 0.6 is 0 Å². The molecule has 0 aliphatic rings. The number of anilines is 1. The number of carbonyl (C=O) groups is 1. The highest BCUT2D eigenvalue weighted by atomic mass is 19.4. The molecule has 0 aliphatic carbocycles. The highest BCUT2D eigenvalue weighted by Crippen LogP contribution is 2.34. The van der Waals surface area contributed by atoms with Crippen molar-refractivity contribution in [2.75, 3.05) is 5.43 Å². The van der Waals surface area contributed by atoms with Crippen LogP contribution in [0.3, 0.4) is 0 Å². The predicted molar refractivity (Wildman–Crippen MR) is 71.0 cm³/mol. The summed E-state index contributed by atoms with van der Waals surface area (Å²) >= 11 is 0. The van der Waals surface area contributed by atoms with Crippen molar-refractivity contribution in [3.05, 3.63) is 60.1 Å². The van der Waals surface area contributed by atoms with E-state index in [1.54, 1.807) is 12.1 Å². The number of halogens is 3. The van der Waals surface area contributed by atoms with Crippen LogP contribution in [0.15, 0.2) is 53.2 Å². The monoisotopic (exact) mass is 296 g/mol. The van der Waals surface area contributed by atoms with Crippen LogP contribution in [0, 0.1) is 0 Å². The van der Waals surface area contributed by atoms with Crippen LogP contribution in [-0.4, -0.2) is 5.91 Å². The van der Waals surface area contributed by atoms with Crippen LogP contribution in [0.4, 0.5) is 18.9 Å². The summed E-state index contributed by atoms with van der Waals surface area (Å²) in [4.78, 5) is 11.5. The molecule has 0 unspecified atom stereocenters. The summed E-state index contributed by atoms with van der Waals surface area (Å²) in [5.74, 6) is -0.149. The van der Waals surface area contributed by atoms with Crippen LogP contribution in [0.1, 0.15) is 11.3 Å². The molecule has 1 aromatic carbocycles. The van der Waals surface area contributed by atoms with E-state index < -0.39 is 17.6 Å². The smallest absolute Gasteiger partial charge is 0.418 e. The molecule has 21 heavy (non-hydrogen) atoms. The number of alkyl halides is 3. The number of benzene rings is 1. The number of hydrogen-bond acceptors (Lipinski definition) is 3. The minimum Gasteiger partial charge on any atom is -0.465 e. The number of carbonyl (C=O) groups excluding carboxylic acids is 1. The molecular weight excluding hydrogens is 285 g/mol. The fourth-order valence-electron chi connectivity index (χ4n) is 1.55. The first-order valence-electron chi connectivity index (χ1n) is 5.90. The Balaban J connectivity index is 1.99. The van der Waals surface area contributed by atoms with E-state index in [1.807, 2.05) is 0 Å². The van der Waals surface area contributed by atoms with Gasteiger partial charge in [-0.2, -0.15) is 13.2 Å². The average Bonchev–Trinajstić information content (AvgIpc) is 2.95. The quantitative estimate of drug-likeness (QED) is 0.671. The summed E-state index contributed by atoms with van der Waals surface area (Å²) in [5, 5.41) is 0. The third kappa shape index (κ3) is 4.13. The maximum Gasteiger partial charge on any atom is 0.418 e. The minimum absolute atomic E-state index is 0.232. The summed E-state index contributed by atoms with van der Waals surface area (Å²) in [6.07, 6.45) is -0.525. The molecule has 1 amide bonds. The maximum atomic E-state index is 12.7. The third-order valence-electron chi connectivity index (χ3n) is 2.49. The third-order valence-corrected chi connectivity index (χ3v) is 2.49. The maximum absolute atomic E-state index is 12.7. The molecule has 4 nitrogen and oxygen atoms in total. The zero-order chi connectivity index (χ0) is 15.3. The second-order valence-electron chi connectivity index (χ2n) is 4.01. The molecular formula is C14H11F3N2O2. The molecule has 7 heteroatoms. The summed E-state index contributed by atoms with van der Waals surface area (Å²) in [6, 6.07) is 8.13. The van der Waals surface area contributed by atoms with Crippen molar-refractivity contribution in [1.82, 2.24) is 5.43 Å². The minimum atomic E-state index is -4.50. The first-order valence-corrected chi connectivity index (χ1v) is 5.90. The van der Waals surface area contributed by atoms with Crippen LogP contribution in [0.25, 0.3) is 6.08 Å². The Kier molecular flexibility index (Phi) is 4.32. The highest BCUT2D eigenvalue weighted by Gasteiger charge is 2.33. The summed E-state index contributed by atoms with van der Waals surface area (Å²) in [5.41, 5.74) is 3.31. The van der Waals surface area contributed by atoms with E-state index >= 15 is 0 Å². The van der Waals surface area contributed by atoms with Gasteiger partial charge in [-0.1, -0.05) is 12.1 Å². The fourth-order valence-corrected chi connectivity index (χ4v) is 1.55. The Bertz CT molecular complexity index is 634. The SMILES string of the molecule is O=C(/C=C/c1ccco1)NNc1ccccc1C(F)(F)F.